The molecule has 0 unspecified atom stereocenters. The molecular formula is C12H12N2OS. The van der Waals surface area contributed by atoms with E-state index in [1.165, 1.54) is 11.3 Å². The van der Waals surface area contributed by atoms with E-state index in [1.807, 2.05) is 24.4 Å². The zero-order chi connectivity index (χ0) is 11.5. The Hall–Kier alpha value is -1.60. The molecule has 0 bridgehead atoms. The summed E-state index contributed by atoms with van der Waals surface area (Å²) in [4.78, 5) is 12.6. The minimum atomic E-state index is -0.252. The average molecular weight is 232 g/mol. The Labute approximate surface area is 98.4 Å². The Bertz CT molecular complexity index is 477. The van der Waals surface area contributed by atoms with Gasteiger partial charge in [0.05, 0.1) is 0 Å². The van der Waals surface area contributed by atoms with Crippen LogP contribution in [0.5, 0.6) is 0 Å². The average Bonchev–Trinajstić information content (AvgIpc) is 2.98. The van der Waals surface area contributed by atoms with Crippen LogP contribution >= 0.6 is 11.3 Å². The number of carbonyl (C=O) groups is 1. The van der Waals surface area contributed by atoms with E-state index in [9.17, 15) is 4.79 Å². The molecule has 1 aromatic rings. The van der Waals surface area contributed by atoms with Crippen LogP contribution in [-0.4, -0.2) is 11.9 Å². The molecule has 1 heterocycles. The predicted octanol–water partition coefficient (Wildman–Crippen LogP) is 2.24. The number of aryl methyl sites for hydroxylation is 1. The van der Waals surface area contributed by atoms with Crippen LogP contribution in [0.3, 0.4) is 0 Å². The second-order valence-corrected chi connectivity index (χ2v) is 4.83. The second-order valence-electron chi connectivity index (χ2n) is 3.89. The third-order valence-electron chi connectivity index (χ3n) is 2.45. The summed E-state index contributed by atoms with van der Waals surface area (Å²) in [6, 6.07) is 4.22. The number of thiophene rings is 1. The van der Waals surface area contributed by atoms with E-state index in [-0.39, 0.29) is 17.5 Å². The maximum atomic E-state index is 11.7. The maximum Gasteiger partial charge on any atom is 0.262 e. The first-order valence-electron chi connectivity index (χ1n) is 5.17. The molecule has 2 rings (SSSR count). The first-order chi connectivity index (χ1) is 7.70. The lowest BCUT2D eigenvalue weighted by Gasteiger charge is -2.00. The number of nitriles is 1. The van der Waals surface area contributed by atoms with Gasteiger partial charge in [-0.3, -0.25) is 4.79 Å². The molecule has 1 aliphatic carbocycles. The zero-order valence-electron chi connectivity index (χ0n) is 8.99. The lowest BCUT2D eigenvalue weighted by molar-refractivity contribution is -0.117. The molecule has 0 radical (unpaired) electrons. The summed E-state index contributed by atoms with van der Waals surface area (Å²) in [5.74, 6) is -0.252. The Balaban J connectivity index is 2.15. The number of rotatable bonds is 3. The molecule has 1 N–H and O–H groups in total. The van der Waals surface area contributed by atoms with Crippen molar-refractivity contribution < 1.29 is 4.79 Å². The molecule has 1 aliphatic rings. The van der Waals surface area contributed by atoms with Gasteiger partial charge in [0, 0.05) is 10.9 Å². The molecule has 16 heavy (non-hydrogen) atoms. The molecule has 0 spiro atoms. The molecule has 0 atom stereocenters. The monoisotopic (exact) mass is 232 g/mol. The van der Waals surface area contributed by atoms with Gasteiger partial charge in [-0.05, 0) is 42.9 Å². The SMILES string of the molecule is Cc1ccsc1C=C(C#N)C(=O)NC1CC1. The molecule has 4 heteroatoms. The number of hydrogen-bond donors (Lipinski definition) is 1. The summed E-state index contributed by atoms with van der Waals surface area (Å²) in [6.45, 7) is 1.97. The Morgan fingerprint density at radius 2 is 2.44 bits per heavy atom. The highest BCUT2D eigenvalue weighted by molar-refractivity contribution is 7.11. The number of nitrogens with one attached hydrogen (secondary N) is 1. The van der Waals surface area contributed by atoms with Crippen LogP contribution in [-0.2, 0) is 4.79 Å². The van der Waals surface area contributed by atoms with E-state index in [1.54, 1.807) is 6.08 Å². The van der Waals surface area contributed by atoms with E-state index in [4.69, 9.17) is 5.26 Å². The minimum Gasteiger partial charge on any atom is -0.349 e. The molecule has 0 saturated heterocycles. The van der Waals surface area contributed by atoms with Crippen LogP contribution in [0.1, 0.15) is 23.3 Å². The lowest BCUT2D eigenvalue weighted by Crippen LogP contribution is -2.26. The smallest absolute Gasteiger partial charge is 0.262 e. The third kappa shape index (κ3) is 2.50. The summed E-state index contributed by atoms with van der Waals surface area (Å²) in [5, 5.41) is 13.7. The van der Waals surface area contributed by atoms with Crippen molar-refractivity contribution in [1.29, 1.82) is 5.26 Å². The summed E-state index contributed by atoms with van der Waals surface area (Å²) in [7, 11) is 0. The van der Waals surface area contributed by atoms with E-state index in [2.05, 4.69) is 5.32 Å². The van der Waals surface area contributed by atoms with Crippen molar-refractivity contribution in [2.24, 2.45) is 0 Å². The van der Waals surface area contributed by atoms with E-state index in [0.717, 1.165) is 23.3 Å². The molecular weight excluding hydrogens is 220 g/mol. The minimum absolute atomic E-state index is 0.192. The summed E-state index contributed by atoms with van der Waals surface area (Å²) in [6.07, 6.45) is 3.72. The van der Waals surface area contributed by atoms with Gasteiger partial charge in [-0.15, -0.1) is 11.3 Å². The molecule has 1 saturated carbocycles. The van der Waals surface area contributed by atoms with Gasteiger partial charge in [-0.2, -0.15) is 5.26 Å². The second kappa shape index (κ2) is 4.50. The van der Waals surface area contributed by atoms with Crippen molar-refractivity contribution in [3.63, 3.8) is 0 Å². The van der Waals surface area contributed by atoms with Crippen molar-refractivity contribution in [3.8, 4) is 6.07 Å². The van der Waals surface area contributed by atoms with Crippen molar-refractivity contribution >= 4 is 23.3 Å². The first kappa shape index (κ1) is 10.9. The molecule has 1 amide bonds. The first-order valence-corrected chi connectivity index (χ1v) is 6.05. The highest BCUT2D eigenvalue weighted by atomic mass is 32.1. The van der Waals surface area contributed by atoms with Gasteiger partial charge in [0.2, 0.25) is 0 Å². The van der Waals surface area contributed by atoms with Gasteiger partial charge in [-0.25, -0.2) is 0 Å². The Kier molecular flexibility index (Phi) is 3.07. The molecule has 0 aromatic carbocycles. The predicted molar refractivity (Wildman–Crippen MR) is 63.8 cm³/mol. The third-order valence-corrected chi connectivity index (χ3v) is 3.42. The van der Waals surface area contributed by atoms with Gasteiger partial charge in [0.25, 0.3) is 5.91 Å². The van der Waals surface area contributed by atoms with Crippen molar-refractivity contribution in [2.45, 2.75) is 25.8 Å². The van der Waals surface area contributed by atoms with Crippen LogP contribution in [0, 0.1) is 18.3 Å². The topological polar surface area (TPSA) is 52.9 Å². The quantitative estimate of drug-likeness (QED) is 0.642. The molecule has 82 valence electrons. The highest BCUT2D eigenvalue weighted by Crippen LogP contribution is 2.21. The lowest BCUT2D eigenvalue weighted by atomic mass is 10.2. The van der Waals surface area contributed by atoms with Crippen molar-refractivity contribution in [1.82, 2.24) is 5.32 Å². The normalized spacial score (nSPS) is 15.6. The summed E-state index contributed by atoms with van der Waals surface area (Å²) >= 11 is 1.54. The van der Waals surface area contributed by atoms with Gasteiger partial charge in [-0.1, -0.05) is 0 Å². The molecule has 0 aliphatic heterocycles. The maximum absolute atomic E-state index is 11.7. The molecule has 1 aromatic heterocycles. The highest BCUT2D eigenvalue weighted by Gasteiger charge is 2.24. The number of hydrogen-bond acceptors (Lipinski definition) is 3. The number of nitrogens with zero attached hydrogens (tertiary/aromatic N) is 1. The van der Waals surface area contributed by atoms with E-state index >= 15 is 0 Å². The van der Waals surface area contributed by atoms with Gasteiger partial charge in [0.1, 0.15) is 11.6 Å². The fourth-order valence-electron chi connectivity index (χ4n) is 1.30. The van der Waals surface area contributed by atoms with Crippen LogP contribution in [0.4, 0.5) is 0 Å². The number of amides is 1. The number of carbonyl (C=O) groups excluding carboxylic acids is 1. The zero-order valence-corrected chi connectivity index (χ0v) is 9.80. The van der Waals surface area contributed by atoms with Gasteiger partial charge >= 0.3 is 0 Å². The van der Waals surface area contributed by atoms with Gasteiger partial charge in [0.15, 0.2) is 0 Å². The molecule has 3 nitrogen and oxygen atoms in total. The Morgan fingerprint density at radius 1 is 1.69 bits per heavy atom. The van der Waals surface area contributed by atoms with Crippen LogP contribution in [0.15, 0.2) is 17.0 Å². The standard InChI is InChI=1S/C12H12N2OS/c1-8-4-5-16-11(8)6-9(7-13)12(15)14-10-2-3-10/h4-6,10H,2-3H2,1H3,(H,14,15). The van der Waals surface area contributed by atoms with Gasteiger partial charge < -0.3 is 5.32 Å². The largest absolute Gasteiger partial charge is 0.349 e. The fourth-order valence-corrected chi connectivity index (χ4v) is 2.16. The van der Waals surface area contributed by atoms with E-state index in [0.29, 0.717) is 0 Å². The summed E-state index contributed by atoms with van der Waals surface area (Å²) < 4.78 is 0. The van der Waals surface area contributed by atoms with Crippen LogP contribution in [0.25, 0.3) is 6.08 Å². The van der Waals surface area contributed by atoms with Crippen molar-refractivity contribution in [2.75, 3.05) is 0 Å². The summed E-state index contributed by atoms with van der Waals surface area (Å²) in [5.41, 5.74) is 1.29. The van der Waals surface area contributed by atoms with E-state index < -0.39 is 0 Å². The fraction of sp³-hybridized carbons (Fsp3) is 0.333. The van der Waals surface area contributed by atoms with Crippen molar-refractivity contribution in [3.05, 3.63) is 27.5 Å². The van der Waals surface area contributed by atoms with Crippen LogP contribution in [0.2, 0.25) is 0 Å². The molecule has 1 fully saturated rings. The van der Waals surface area contributed by atoms with Crippen LogP contribution < -0.4 is 5.32 Å². The Morgan fingerprint density at radius 3 is 2.94 bits per heavy atom.